The molecule has 0 bridgehead atoms. The van der Waals surface area contributed by atoms with Crippen molar-refractivity contribution in [2.24, 2.45) is 0 Å². The van der Waals surface area contributed by atoms with E-state index in [0.29, 0.717) is 17.2 Å². The summed E-state index contributed by atoms with van der Waals surface area (Å²) in [5.74, 6) is 20.9. The lowest BCUT2D eigenvalue weighted by Crippen LogP contribution is -2.11. The number of rotatable bonds is 15. The van der Waals surface area contributed by atoms with Crippen LogP contribution in [0.25, 0.3) is 34.2 Å². The van der Waals surface area contributed by atoms with Gasteiger partial charge in [-0.25, -0.2) is 0 Å². The summed E-state index contributed by atoms with van der Waals surface area (Å²) in [5.41, 5.74) is 15.3. The van der Waals surface area contributed by atoms with Crippen molar-refractivity contribution in [3.8, 4) is 86.9 Å². The van der Waals surface area contributed by atoms with E-state index in [1.807, 2.05) is 237 Å². The van der Waals surface area contributed by atoms with Crippen molar-refractivity contribution in [2.75, 3.05) is 0 Å². The number of hydrogen-bond donors (Lipinski definition) is 0. The van der Waals surface area contributed by atoms with Crippen LogP contribution >= 0.6 is 0 Å². The van der Waals surface area contributed by atoms with Crippen molar-refractivity contribution in [1.82, 2.24) is 29.9 Å². The molecule has 0 amide bonds. The standard InChI is InChI=1S/C76H52N6O3/c1-4-16-55(17-5-1)28-31-58-34-40-67(77-46-58)70-43-37-61(49-80-70)52-83-73-25-13-10-22-64(73)76(65-23-11-14-26-74(65)84-53-62-38-44-71(81-50-62)68-41-35-59(47-78-68)32-29-56-18-6-2-7-19-56)66-24-12-15-27-75(66)85-54-63-39-45-72(82-51-63)69-42-36-60(48-79-69)33-30-57-20-8-3-9-21-57/h1-27,34-51,76H,52-54H2. The third kappa shape index (κ3) is 14.1. The molecule has 0 aliphatic rings. The van der Waals surface area contributed by atoms with Gasteiger partial charge in [0.2, 0.25) is 0 Å². The van der Waals surface area contributed by atoms with Gasteiger partial charge in [-0.15, -0.1) is 0 Å². The Balaban J connectivity index is 0.787. The molecule has 0 aliphatic carbocycles. The lowest BCUT2D eigenvalue weighted by molar-refractivity contribution is 0.293. The maximum atomic E-state index is 6.79. The molecule has 0 radical (unpaired) electrons. The molecule has 0 unspecified atom stereocenters. The molecule has 404 valence electrons. The van der Waals surface area contributed by atoms with Crippen LogP contribution in [0.3, 0.4) is 0 Å². The average molecular weight is 1100 g/mol. The van der Waals surface area contributed by atoms with Crippen LogP contribution in [0.5, 0.6) is 17.2 Å². The quantitative estimate of drug-likeness (QED) is 0.0733. The SMILES string of the molecule is C(#Cc1ccc(-c2ccc(COc3ccccc3C(c3ccccc3OCc3ccc(-c4ccc(C#Cc5ccccc5)cn4)nc3)c3ccccc3OCc3ccc(-c4ccc(C#Cc5ccccc5)cn4)nc3)cn2)nc1)c1ccccc1. The first-order chi connectivity index (χ1) is 42.1. The molecule has 0 fully saturated rings. The van der Waals surface area contributed by atoms with Crippen LogP contribution in [-0.2, 0) is 19.8 Å². The van der Waals surface area contributed by atoms with Crippen molar-refractivity contribution in [3.05, 3.63) is 341 Å². The monoisotopic (exact) mass is 1100 g/mol. The normalized spacial score (nSPS) is 10.6. The zero-order valence-corrected chi connectivity index (χ0v) is 46.1. The van der Waals surface area contributed by atoms with Crippen molar-refractivity contribution in [1.29, 1.82) is 0 Å². The second-order valence-corrected chi connectivity index (χ2v) is 19.7. The zero-order valence-electron chi connectivity index (χ0n) is 46.1. The third-order valence-electron chi connectivity index (χ3n) is 13.8. The number of ether oxygens (including phenoxy) is 3. The van der Waals surface area contributed by atoms with Crippen LogP contribution < -0.4 is 14.2 Å². The van der Waals surface area contributed by atoms with Crippen molar-refractivity contribution in [3.63, 3.8) is 0 Å². The number of benzene rings is 6. The van der Waals surface area contributed by atoms with Crippen LogP contribution in [0.4, 0.5) is 0 Å². The average Bonchev–Trinajstić information content (AvgIpc) is 3.74. The minimum Gasteiger partial charge on any atom is -0.489 e. The Hall–Kier alpha value is -11.7. The van der Waals surface area contributed by atoms with Gasteiger partial charge >= 0.3 is 0 Å². The molecule has 85 heavy (non-hydrogen) atoms. The van der Waals surface area contributed by atoms with Crippen molar-refractivity contribution < 1.29 is 14.2 Å². The predicted octanol–water partition coefficient (Wildman–Crippen LogP) is 15.2. The van der Waals surface area contributed by atoms with Gasteiger partial charge in [-0.1, -0.05) is 163 Å². The minimum atomic E-state index is -0.408. The highest BCUT2D eigenvalue weighted by molar-refractivity contribution is 5.60. The molecule has 6 aromatic heterocycles. The lowest BCUT2D eigenvalue weighted by Gasteiger charge is -2.26. The smallest absolute Gasteiger partial charge is 0.123 e. The van der Waals surface area contributed by atoms with Gasteiger partial charge < -0.3 is 14.2 Å². The Morgan fingerprint density at radius 1 is 0.235 bits per heavy atom. The highest BCUT2D eigenvalue weighted by Gasteiger charge is 2.27. The van der Waals surface area contributed by atoms with E-state index in [2.05, 4.69) is 68.7 Å². The topological polar surface area (TPSA) is 105 Å². The molecular weight excluding hydrogens is 1040 g/mol. The summed E-state index contributed by atoms with van der Waals surface area (Å²) in [6, 6.07) is 77.8. The Kier molecular flexibility index (Phi) is 16.9. The van der Waals surface area contributed by atoms with E-state index in [-0.39, 0.29) is 19.8 Å². The zero-order chi connectivity index (χ0) is 57.2. The molecular formula is C76H52N6O3. The highest BCUT2D eigenvalue weighted by atomic mass is 16.5. The summed E-state index contributed by atoms with van der Waals surface area (Å²) >= 11 is 0. The number of hydrogen-bond acceptors (Lipinski definition) is 9. The summed E-state index contributed by atoms with van der Waals surface area (Å²) < 4.78 is 20.4. The van der Waals surface area contributed by atoms with Crippen LogP contribution in [0, 0.1) is 35.5 Å². The summed E-state index contributed by atoms with van der Waals surface area (Å²) in [5, 5.41) is 0. The Bertz CT molecular complexity index is 3920. The van der Waals surface area contributed by atoms with E-state index in [1.165, 1.54) is 0 Å². The number of nitrogens with zero attached hydrogens (tertiary/aromatic N) is 6. The van der Waals surface area contributed by atoms with Crippen LogP contribution in [0.15, 0.2) is 274 Å². The van der Waals surface area contributed by atoms with Gasteiger partial charge in [0.25, 0.3) is 0 Å². The number of para-hydroxylation sites is 3. The molecule has 0 aliphatic heterocycles. The Morgan fingerprint density at radius 2 is 0.482 bits per heavy atom. The van der Waals surface area contributed by atoms with Gasteiger partial charge in [0.1, 0.15) is 37.1 Å². The highest BCUT2D eigenvalue weighted by Crippen LogP contribution is 2.45. The second kappa shape index (κ2) is 26.7. The van der Waals surface area contributed by atoms with E-state index >= 15 is 0 Å². The number of aromatic nitrogens is 6. The van der Waals surface area contributed by atoms with Gasteiger partial charge in [0.15, 0.2) is 0 Å². The third-order valence-corrected chi connectivity index (χ3v) is 13.8. The molecule has 9 heteroatoms. The summed E-state index contributed by atoms with van der Waals surface area (Å²) in [4.78, 5) is 28.4. The van der Waals surface area contributed by atoms with Gasteiger partial charge in [-0.3, -0.25) is 29.9 Å². The first-order valence-corrected chi connectivity index (χ1v) is 27.7. The molecule has 0 saturated heterocycles. The van der Waals surface area contributed by atoms with Crippen molar-refractivity contribution >= 4 is 0 Å². The van der Waals surface area contributed by atoms with E-state index in [0.717, 1.165) is 101 Å². The first kappa shape index (κ1) is 53.9. The molecule has 0 spiro atoms. The van der Waals surface area contributed by atoms with Crippen LogP contribution in [-0.4, -0.2) is 29.9 Å². The van der Waals surface area contributed by atoms with Gasteiger partial charge in [-0.2, -0.15) is 0 Å². The van der Waals surface area contributed by atoms with E-state index in [4.69, 9.17) is 29.2 Å². The maximum absolute atomic E-state index is 6.79. The van der Waals surface area contributed by atoms with Gasteiger partial charge in [0, 0.05) is 110 Å². The fourth-order valence-electron chi connectivity index (χ4n) is 9.38. The fraction of sp³-hybridized carbons (Fsp3) is 0.0526. The molecule has 12 aromatic rings. The Morgan fingerprint density at radius 3 is 0.741 bits per heavy atom. The maximum Gasteiger partial charge on any atom is 0.123 e. The minimum absolute atomic E-state index is 0.269. The second-order valence-electron chi connectivity index (χ2n) is 19.7. The summed E-state index contributed by atoms with van der Waals surface area (Å²) in [7, 11) is 0. The molecule has 6 heterocycles. The lowest BCUT2D eigenvalue weighted by atomic mass is 9.83. The van der Waals surface area contributed by atoms with E-state index < -0.39 is 5.92 Å². The van der Waals surface area contributed by atoms with Crippen LogP contribution in [0.2, 0.25) is 0 Å². The summed E-state index contributed by atoms with van der Waals surface area (Å²) in [6.45, 7) is 0.806. The van der Waals surface area contributed by atoms with E-state index in [9.17, 15) is 0 Å². The van der Waals surface area contributed by atoms with Crippen LogP contribution in [0.1, 0.15) is 72.7 Å². The molecule has 0 N–H and O–H groups in total. The van der Waals surface area contributed by atoms with E-state index in [1.54, 1.807) is 18.6 Å². The molecule has 9 nitrogen and oxygen atoms in total. The molecule has 0 atom stereocenters. The summed E-state index contributed by atoms with van der Waals surface area (Å²) in [6.07, 6.45) is 10.8. The molecule has 0 saturated carbocycles. The number of pyridine rings is 6. The molecule has 6 aromatic carbocycles. The van der Waals surface area contributed by atoms with Gasteiger partial charge in [0.05, 0.1) is 34.2 Å². The Labute approximate surface area is 494 Å². The predicted molar refractivity (Wildman–Crippen MR) is 333 cm³/mol. The fourth-order valence-corrected chi connectivity index (χ4v) is 9.38. The van der Waals surface area contributed by atoms with Crippen molar-refractivity contribution in [2.45, 2.75) is 25.7 Å². The largest absolute Gasteiger partial charge is 0.489 e. The first-order valence-electron chi connectivity index (χ1n) is 27.7. The molecule has 12 rings (SSSR count). The van der Waals surface area contributed by atoms with Gasteiger partial charge in [-0.05, 0) is 109 Å².